The van der Waals surface area contributed by atoms with Crippen LogP contribution in [-0.2, 0) is 22.6 Å². The van der Waals surface area contributed by atoms with Crippen molar-refractivity contribution in [1.82, 2.24) is 5.32 Å². The van der Waals surface area contributed by atoms with Crippen molar-refractivity contribution in [3.8, 4) is 5.75 Å². The molecule has 0 bridgehead atoms. The lowest BCUT2D eigenvalue weighted by atomic mass is 10.1. The molecule has 8 nitrogen and oxygen atoms in total. The van der Waals surface area contributed by atoms with Crippen molar-refractivity contribution < 1.29 is 29.0 Å². The van der Waals surface area contributed by atoms with Crippen LogP contribution in [0.1, 0.15) is 34.0 Å². The van der Waals surface area contributed by atoms with E-state index in [2.05, 4.69) is 5.32 Å². The van der Waals surface area contributed by atoms with Crippen LogP contribution in [0.25, 0.3) is 6.08 Å². The highest BCUT2D eigenvalue weighted by Gasteiger charge is 2.36. The largest absolute Gasteiger partial charge is 0.486 e. The fraction of sp³-hybridized carbons (Fsp3) is 0.111. The molecule has 188 valence electrons. The average molecular weight is 539 g/mol. The van der Waals surface area contributed by atoms with Crippen LogP contribution in [0.15, 0.2) is 66.2 Å². The van der Waals surface area contributed by atoms with E-state index in [1.807, 2.05) is 6.92 Å². The SMILES string of the molecule is CCc1ccc(N2C(=O)NC(=O)/C(=C/c3cc(Cl)c(OCc4ccc(C(=O)O)cc4)c(Cl)c3)C2=O)cc1. The number of ether oxygens (including phenoxy) is 1. The number of barbiturate groups is 1. The molecule has 0 radical (unpaired) electrons. The number of amides is 4. The number of anilines is 1. The van der Waals surface area contributed by atoms with E-state index in [0.29, 0.717) is 16.8 Å². The molecule has 4 rings (SSSR count). The van der Waals surface area contributed by atoms with Gasteiger partial charge >= 0.3 is 12.0 Å². The van der Waals surface area contributed by atoms with Gasteiger partial charge in [-0.2, -0.15) is 0 Å². The maximum atomic E-state index is 13.1. The molecule has 1 fully saturated rings. The number of imide groups is 2. The predicted molar refractivity (Wildman–Crippen MR) is 139 cm³/mol. The van der Waals surface area contributed by atoms with Gasteiger partial charge in [-0.25, -0.2) is 14.5 Å². The van der Waals surface area contributed by atoms with E-state index < -0.39 is 23.8 Å². The zero-order chi connectivity index (χ0) is 26.7. The summed E-state index contributed by atoms with van der Waals surface area (Å²) in [5.41, 5.74) is 2.29. The lowest BCUT2D eigenvalue weighted by molar-refractivity contribution is -0.122. The van der Waals surface area contributed by atoms with Crippen molar-refractivity contribution >= 4 is 58.8 Å². The van der Waals surface area contributed by atoms with Crippen molar-refractivity contribution in [2.75, 3.05) is 4.90 Å². The number of hydrogen-bond donors (Lipinski definition) is 2. The third kappa shape index (κ3) is 5.66. The fourth-order valence-corrected chi connectivity index (χ4v) is 4.25. The van der Waals surface area contributed by atoms with Crippen LogP contribution >= 0.6 is 23.2 Å². The van der Waals surface area contributed by atoms with Gasteiger partial charge in [-0.3, -0.25) is 14.9 Å². The van der Waals surface area contributed by atoms with Crippen molar-refractivity contribution in [3.63, 3.8) is 0 Å². The quantitative estimate of drug-likeness (QED) is 0.303. The van der Waals surface area contributed by atoms with Crippen molar-refractivity contribution in [3.05, 3.63) is 98.5 Å². The molecule has 0 aromatic heterocycles. The van der Waals surface area contributed by atoms with Crippen LogP contribution in [-0.4, -0.2) is 28.9 Å². The Hall–Kier alpha value is -4.14. The van der Waals surface area contributed by atoms with Crippen LogP contribution in [0, 0.1) is 0 Å². The molecule has 3 aromatic carbocycles. The maximum absolute atomic E-state index is 13.1. The van der Waals surface area contributed by atoms with Crippen LogP contribution in [0.4, 0.5) is 10.5 Å². The summed E-state index contributed by atoms with van der Waals surface area (Å²) in [6.45, 7) is 2.06. The normalized spacial score (nSPS) is 14.6. The molecule has 0 spiro atoms. The number of carbonyl (C=O) groups excluding carboxylic acids is 3. The summed E-state index contributed by atoms with van der Waals surface area (Å²) >= 11 is 12.7. The number of nitrogens with zero attached hydrogens (tertiary/aromatic N) is 1. The van der Waals surface area contributed by atoms with E-state index in [9.17, 15) is 19.2 Å². The molecule has 37 heavy (non-hydrogen) atoms. The van der Waals surface area contributed by atoms with Crippen LogP contribution in [0.3, 0.4) is 0 Å². The molecule has 2 N–H and O–H groups in total. The highest BCUT2D eigenvalue weighted by atomic mass is 35.5. The first-order chi connectivity index (χ1) is 17.7. The smallest absolute Gasteiger partial charge is 0.335 e. The Bertz CT molecular complexity index is 1410. The molecule has 3 aromatic rings. The molecule has 1 aliphatic rings. The number of halogens is 2. The average Bonchev–Trinajstić information content (AvgIpc) is 2.86. The number of rotatable bonds is 7. The first-order valence-electron chi connectivity index (χ1n) is 11.1. The van der Waals surface area contributed by atoms with Gasteiger partial charge in [0.15, 0.2) is 5.75 Å². The first kappa shape index (κ1) is 25.9. The van der Waals surface area contributed by atoms with Gasteiger partial charge in [0.2, 0.25) is 0 Å². The zero-order valence-corrected chi connectivity index (χ0v) is 21.0. The number of benzene rings is 3. The Morgan fingerprint density at radius 2 is 1.57 bits per heavy atom. The van der Waals surface area contributed by atoms with Crippen LogP contribution in [0.5, 0.6) is 5.75 Å². The van der Waals surface area contributed by atoms with Gasteiger partial charge in [0, 0.05) is 0 Å². The van der Waals surface area contributed by atoms with E-state index in [1.54, 1.807) is 36.4 Å². The fourth-order valence-electron chi connectivity index (χ4n) is 3.64. The number of aryl methyl sites for hydroxylation is 1. The molecule has 0 saturated carbocycles. The van der Waals surface area contributed by atoms with E-state index in [0.717, 1.165) is 16.9 Å². The van der Waals surface area contributed by atoms with Crippen molar-refractivity contribution in [1.29, 1.82) is 0 Å². The van der Waals surface area contributed by atoms with E-state index in [4.69, 9.17) is 33.0 Å². The summed E-state index contributed by atoms with van der Waals surface area (Å²) in [6, 6.07) is 15.1. The predicted octanol–water partition coefficient (Wildman–Crippen LogP) is 5.50. The number of carbonyl (C=O) groups is 4. The third-order valence-electron chi connectivity index (χ3n) is 5.62. The molecular weight excluding hydrogens is 519 g/mol. The van der Waals surface area contributed by atoms with Gasteiger partial charge in [-0.05, 0) is 65.6 Å². The number of hydrogen-bond acceptors (Lipinski definition) is 5. The second kappa shape index (κ2) is 10.9. The monoisotopic (exact) mass is 538 g/mol. The Balaban J connectivity index is 1.56. The minimum absolute atomic E-state index is 0.0779. The summed E-state index contributed by atoms with van der Waals surface area (Å²) in [5.74, 6) is -2.47. The van der Waals surface area contributed by atoms with E-state index >= 15 is 0 Å². The Morgan fingerprint density at radius 1 is 0.973 bits per heavy atom. The highest BCUT2D eigenvalue weighted by molar-refractivity contribution is 6.40. The minimum atomic E-state index is -1.03. The van der Waals surface area contributed by atoms with Crippen molar-refractivity contribution in [2.45, 2.75) is 20.0 Å². The van der Waals surface area contributed by atoms with Gasteiger partial charge in [0.05, 0.1) is 21.3 Å². The molecule has 0 atom stereocenters. The molecule has 10 heteroatoms. The summed E-state index contributed by atoms with van der Waals surface area (Å²) in [4.78, 5) is 49.9. The number of urea groups is 1. The second-order valence-corrected chi connectivity index (χ2v) is 8.90. The minimum Gasteiger partial charge on any atom is -0.486 e. The number of carboxylic acids is 1. The lowest BCUT2D eigenvalue weighted by Gasteiger charge is -2.26. The molecule has 1 saturated heterocycles. The number of aromatic carboxylic acids is 1. The van der Waals surface area contributed by atoms with Crippen LogP contribution in [0.2, 0.25) is 10.0 Å². The van der Waals surface area contributed by atoms with Gasteiger partial charge < -0.3 is 9.84 Å². The van der Waals surface area contributed by atoms with Gasteiger partial charge in [-0.15, -0.1) is 0 Å². The zero-order valence-electron chi connectivity index (χ0n) is 19.5. The highest BCUT2D eigenvalue weighted by Crippen LogP contribution is 2.36. The molecule has 1 heterocycles. The Kier molecular flexibility index (Phi) is 7.61. The van der Waals surface area contributed by atoms with Crippen molar-refractivity contribution in [2.24, 2.45) is 0 Å². The summed E-state index contributed by atoms with van der Waals surface area (Å²) in [7, 11) is 0. The topological polar surface area (TPSA) is 113 Å². The molecule has 0 aliphatic carbocycles. The van der Waals surface area contributed by atoms with Gasteiger partial charge in [-0.1, -0.05) is 54.4 Å². The maximum Gasteiger partial charge on any atom is 0.335 e. The van der Waals surface area contributed by atoms with E-state index in [1.165, 1.54) is 30.3 Å². The molecule has 1 aliphatic heterocycles. The molecule has 0 unspecified atom stereocenters. The summed E-state index contributed by atoms with van der Waals surface area (Å²) < 4.78 is 5.72. The van der Waals surface area contributed by atoms with Gasteiger partial charge in [0.1, 0.15) is 12.2 Å². The standard InChI is InChI=1S/C27H20Cl2N2O6/c1-2-15-5-9-19(10-6-15)31-25(33)20(24(32)30-27(31)36)11-17-12-21(28)23(22(29)13-17)37-14-16-3-7-18(8-4-16)26(34)35/h3-13H,2,14H2,1H3,(H,34,35)(H,30,32,36)/b20-11-. The molecular formula is C27H20Cl2N2O6. The summed E-state index contributed by atoms with van der Waals surface area (Å²) in [5, 5.41) is 11.4. The third-order valence-corrected chi connectivity index (χ3v) is 6.18. The van der Waals surface area contributed by atoms with Crippen LogP contribution < -0.4 is 15.0 Å². The Labute approximate surface area is 222 Å². The first-order valence-corrected chi connectivity index (χ1v) is 11.9. The molecule has 4 amide bonds. The van der Waals surface area contributed by atoms with E-state index in [-0.39, 0.29) is 33.5 Å². The number of nitrogens with one attached hydrogen (secondary N) is 1. The second-order valence-electron chi connectivity index (χ2n) is 8.08. The summed E-state index contributed by atoms with van der Waals surface area (Å²) in [6.07, 6.45) is 2.09. The van der Waals surface area contributed by atoms with Gasteiger partial charge in [0.25, 0.3) is 11.8 Å². The Morgan fingerprint density at radius 3 is 2.14 bits per heavy atom. The lowest BCUT2D eigenvalue weighted by Crippen LogP contribution is -2.54. The number of carboxylic acid groups (broad SMARTS) is 1.